The molecule has 1 heterocycles. The highest BCUT2D eigenvalue weighted by Crippen LogP contribution is 2.18. The number of halogens is 2. The van der Waals surface area contributed by atoms with E-state index < -0.39 is 11.7 Å². The van der Waals surface area contributed by atoms with Crippen LogP contribution in [0.5, 0.6) is 0 Å². The van der Waals surface area contributed by atoms with E-state index in [4.69, 9.17) is 0 Å². The Balaban J connectivity index is 2.09. The first kappa shape index (κ1) is 12.8. The van der Waals surface area contributed by atoms with Gasteiger partial charge in [-0.1, -0.05) is 6.07 Å². The van der Waals surface area contributed by atoms with Crippen LogP contribution in [-0.2, 0) is 13.6 Å². The van der Waals surface area contributed by atoms with Crippen molar-refractivity contribution < 1.29 is 9.18 Å². The molecule has 0 radical (unpaired) electrons. The lowest BCUT2D eigenvalue weighted by molar-refractivity contribution is 0.0945. The second kappa shape index (κ2) is 5.30. The summed E-state index contributed by atoms with van der Waals surface area (Å²) in [5.74, 6) is -0.314. The molecule has 0 unspecified atom stereocenters. The maximum absolute atomic E-state index is 13.7. The molecular formula is C12H11BrFN3O. The van der Waals surface area contributed by atoms with Crippen molar-refractivity contribution in [3.8, 4) is 0 Å². The van der Waals surface area contributed by atoms with Gasteiger partial charge in [0.25, 0.3) is 5.91 Å². The SMILES string of the molecule is Cn1ccnc1CNC(=O)c1cccc(Br)c1F. The predicted octanol–water partition coefficient (Wildman–Crippen LogP) is 2.25. The molecule has 6 heteroatoms. The van der Waals surface area contributed by atoms with Crippen LogP contribution in [0.15, 0.2) is 35.1 Å². The summed E-state index contributed by atoms with van der Waals surface area (Å²) in [7, 11) is 1.83. The zero-order valence-electron chi connectivity index (χ0n) is 9.65. The van der Waals surface area contributed by atoms with Crippen molar-refractivity contribution in [3.63, 3.8) is 0 Å². The number of rotatable bonds is 3. The molecule has 0 atom stereocenters. The number of aryl methyl sites for hydroxylation is 1. The van der Waals surface area contributed by atoms with Crippen LogP contribution in [0, 0.1) is 5.82 Å². The van der Waals surface area contributed by atoms with E-state index >= 15 is 0 Å². The number of carbonyl (C=O) groups excluding carboxylic acids is 1. The Kier molecular flexibility index (Phi) is 3.76. The molecule has 0 aliphatic heterocycles. The Morgan fingerprint density at radius 3 is 3.00 bits per heavy atom. The minimum absolute atomic E-state index is 0.0126. The van der Waals surface area contributed by atoms with Crippen LogP contribution in [0.25, 0.3) is 0 Å². The first-order chi connectivity index (χ1) is 8.59. The number of hydrogen-bond donors (Lipinski definition) is 1. The molecule has 0 saturated heterocycles. The number of amides is 1. The van der Waals surface area contributed by atoms with E-state index in [0.717, 1.165) is 0 Å². The molecule has 0 saturated carbocycles. The first-order valence-electron chi connectivity index (χ1n) is 5.28. The minimum atomic E-state index is -0.560. The summed E-state index contributed by atoms with van der Waals surface area (Å²) in [5, 5.41) is 2.63. The van der Waals surface area contributed by atoms with Crippen LogP contribution in [-0.4, -0.2) is 15.5 Å². The Morgan fingerprint density at radius 2 is 2.33 bits per heavy atom. The van der Waals surface area contributed by atoms with Crippen molar-refractivity contribution in [2.24, 2.45) is 7.05 Å². The van der Waals surface area contributed by atoms with E-state index in [-0.39, 0.29) is 16.6 Å². The van der Waals surface area contributed by atoms with Crippen molar-refractivity contribution in [3.05, 3.63) is 52.3 Å². The lowest BCUT2D eigenvalue weighted by Crippen LogP contribution is -2.25. The summed E-state index contributed by atoms with van der Waals surface area (Å²) >= 11 is 3.04. The van der Waals surface area contributed by atoms with Crippen molar-refractivity contribution in [1.29, 1.82) is 0 Å². The van der Waals surface area contributed by atoms with Crippen LogP contribution in [0.2, 0.25) is 0 Å². The van der Waals surface area contributed by atoms with Crippen LogP contribution >= 0.6 is 15.9 Å². The average molecular weight is 312 g/mol. The van der Waals surface area contributed by atoms with Gasteiger partial charge in [-0.05, 0) is 28.1 Å². The second-order valence-electron chi connectivity index (χ2n) is 3.74. The second-order valence-corrected chi connectivity index (χ2v) is 4.59. The molecule has 1 aromatic carbocycles. The summed E-state index contributed by atoms with van der Waals surface area (Å²) < 4.78 is 15.7. The molecule has 1 aromatic heterocycles. The Labute approximate surface area is 112 Å². The molecule has 0 aliphatic rings. The highest BCUT2D eigenvalue weighted by atomic mass is 79.9. The fourth-order valence-electron chi connectivity index (χ4n) is 1.50. The molecule has 2 rings (SSSR count). The van der Waals surface area contributed by atoms with Gasteiger partial charge in [-0.25, -0.2) is 9.37 Å². The van der Waals surface area contributed by atoms with Gasteiger partial charge in [0.15, 0.2) is 0 Å². The largest absolute Gasteiger partial charge is 0.345 e. The quantitative estimate of drug-likeness (QED) is 0.945. The maximum Gasteiger partial charge on any atom is 0.254 e. The number of imidazole rings is 1. The molecule has 0 bridgehead atoms. The van der Waals surface area contributed by atoms with Crippen molar-refractivity contribution in [1.82, 2.24) is 14.9 Å². The number of nitrogens with zero attached hydrogens (tertiary/aromatic N) is 2. The predicted molar refractivity (Wildman–Crippen MR) is 68.5 cm³/mol. The first-order valence-corrected chi connectivity index (χ1v) is 6.07. The highest BCUT2D eigenvalue weighted by Gasteiger charge is 2.13. The van der Waals surface area contributed by atoms with Crippen LogP contribution < -0.4 is 5.32 Å². The van der Waals surface area contributed by atoms with Crippen molar-refractivity contribution >= 4 is 21.8 Å². The minimum Gasteiger partial charge on any atom is -0.345 e. The van der Waals surface area contributed by atoms with Crippen LogP contribution in [0.4, 0.5) is 4.39 Å². The van der Waals surface area contributed by atoms with E-state index in [2.05, 4.69) is 26.2 Å². The summed E-state index contributed by atoms with van der Waals surface area (Å²) in [5.41, 5.74) is 0.0126. The summed E-state index contributed by atoms with van der Waals surface area (Å²) in [6, 6.07) is 4.60. The molecule has 18 heavy (non-hydrogen) atoms. The number of aromatic nitrogens is 2. The van der Waals surface area contributed by atoms with Gasteiger partial charge >= 0.3 is 0 Å². The molecular weight excluding hydrogens is 301 g/mol. The van der Waals surface area contributed by atoms with Gasteiger partial charge in [-0.2, -0.15) is 0 Å². The Hall–Kier alpha value is -1.69. The number of carbonyl (C=O) groups is 1. The Morgan fingerprint density at radius 1 is 1.56 bits per heavy atom. The van der Waals surface area contributed by atoms with E-state index in [1.165, 1.54) is 6.07 Å². The molecule has 2 aromatic rings. The molecule has 94 valence electrons. The van der Waals surface area contributed by atoms with E-state index in [0.29, 0.717) is 5.82 Å². The van der Waals surface area contributed by atoms with Gasteiger partial charge in [0.2, 0.25) is 0 Å². The standard InChI is InChI=1S/C12H11BrFN3O/c1-17-6-5-15-10(17)7-16-12(18)8-3-2-4-9(13)11(8)14/h2-6H,7H2,1H3,(H,16,18). The fraction of sp³-hybridized carbons (Fsp3) is 0.167. The molecule has 0 aliphatic carbocycles. The fourth-order valence-corrected chi connectivity index (χ4v) is 1.87. The molecule has 0 fully saturated rings. The van der Waals surface area contributed by atoms with Gasteiger partial charge < -0.3 is 9.88 Å². The third kappa shape index (κ3) is 2.59. The third-order valence-corrected chi connectivity index (χ3v) is 3.14. The van der Waals surface area contributed by atoms with Gasteiger partial charge in [-0.15, -0.1) is 0 Å². The highest BCUT2D eigenvalue weighted by molar-refractivity contribution is 9.10. The van der Waals surface area contributed by atoms with Crippen molar-refractivity contribution in [2.75, 3.05) is 0 Å². The lowest BCUT2D eigenvalue weighted by Gasteiger charge is -2.06. The number of hydrogen-bond acceptors (Lipinski definition) is 2. The van der Waals surface area contributed by atoms with E-state index in [9.17, 15) is 9.18 Å². The van der Waals surface area contributed by atoms with E-state index in [1.807, 2.05) is 7.05 Å². The van der Waals surface area contributed by atoms with Crippen LogP contribution in [0.1, 0.15) is 16.2 Å². The van der Waals surface area contributed by atoms with Gasteiger partial charge in [0.05, 0.1) is 16.6 Å². The topological polar surface area (TPSA) is 46.9 Å². The van der Waals surface area contributed by atoms with E-state index in [1.54, 1.807) is 29.1 Å². The molecule has 1 amide bonds. The Bertz CT molecular complexity index is 582. The summed E-state index contributed by atoms with van der Waals surface area (Å²) in [6.45, 7) is 0.258. The summed E-state index contributed by atoms with van der Waals surface area (Å²) in [4.78, 5) is 15.9. The maximum atomic E-state index is 13.7. The van der Waals surface area contributed by atoms with Crippen molar-refractivity contribution in [2.45, 2.75) is 6.54 Å². The average Bonchev–Trinajstić information content (AvgIpc) is 2.75. The normalized spacial score (nSPS) is 10.4. The van der Waals surface area contributed by atoms with Gasteiger partial charge in [0, 0.05) is 19.4 Å². The summed E-state index contributed by atoms with van der Waals surface area (Å²) in [6.07, 6.45) is 3.42. The molecule has 4 nitrogen and oxygen atoms in total. The smallest absolute Gasteiger partial charge is 0.254 e. The third-order valence-electron chi connectivity index (χ3n) is 2.52. The lowest BCUT2D eigenvalue weighted by atomic mass is 10.2. The van der Waals surface area contributed by atoms with Gasteiger partial charge in [-0.3, -0.25) is 4.79 Å². The number of nitrogens with one attached hydrogen (secondary N) is 1. The van der Waals surface area contributed by atoms with Gasteiger partial charge in [0.1, 0.15) is 11.6 Å². The monoisotopic (exact) mass is 311 g/mol. The molecule has 1 N–H and O–H groups in total. The van der Waals surface area contributed by atoms with Crippen LogP contribution in [0.3, 0.4) is 0 Å². The molecule has 0 spiro atoms. The zero-order chi connectivity index (χ0) is 13.1. The number of benzene rings is 1. The zero-order valence-corrected chi connectivity index (χ0v) is 11.2.